The summed E-state index contributed by atoms with van der Waals surface area (Å²) >= 11 is 0. The molecule has 0 aliphatic carbocycles. The molecule has 0 aromatic heterocycles. The van der Waals surface area contributed by atoms with Crippen LogP contribution in [0.4, 0.5) is 9.18 Å². The number of halogens is 1. The summed E-state index contributed by atoms with van der Waals surface area (Å²) in [4.78, 5) is 12.0. The van der Waals surface area contributed by atoms with E-state index in [9.17, 15) is 9.18 Å². The van der Waals surface area contributed by atoms with Gasteiger partial charge in [-0.2, -0.15) is 0 Å². The highest BCUT2D eigenvalue weighted by Crippen LogP contribution is 2.26. The molecule has 0 aliphatic heterocycles. The normalized spacial score (nSPS) is 13.1. The van der Waals surface area contributed by atoms with E-state index < -0.39 is 5.60 Å². The van der Waals surface area contributed by atoms with Crippen molar-refractivity contribution in [1.82, 2.24) is 10.6 Å². The fourth-order valence-corrected chi connectivity index (χ4v) is 2.62. The van der Waals surface area contributed by atoms with E-state index >= 15 is 0 Å². The second-order valence-electron chi connectivity index (χ2n) is 6.11. The lowest BCUT2D eigenvalue weighted by molar-refractivity contribution is 0.00204. The van der Waals surface area contributed by atoms with E-state index in [2.05, 4.69) is 22.8 Å². The largest absolute Gasteiger partial charge is 0.372 e. The van der Waals surface area contributed by atoms with Crippen molar-refractivity contribution in [2.75, 3.05) is 20.2 Å². The van der Waals surface area contributed by atoms with Crippen molar-refractivity contribution in [3.8, 4) is 0 Å². The molecule has 1 atom stereocenters. The number of methoxy groups -OCH3 is 1. The van der Waals surface area contributed by atoms with Crippen molar-refractivity contribution in [1.29, 1.82) is 0 Å². The maximum atomic E-state index is 14.0. The molecule has 0 aliphatic rings. The third kappa shape index (κ3) is 5.57. The first-order chi connectivity index (χ1) is 12.0. The third-order valence-corrected chi connectivity index (χ3v) is 4.25. The number of hydrogen-bond donors (Lipinski definition) is 2. The molecular formula is C20H25FN2O2. The Labute approximate surface area is 148 Å². The highest BCUT2D eigenvalue weighted by Gasteiger charge is 2.29. The Kier molecular flexibility index (Phi) is 6.95. The van der Waals surface area contributed by atoms with Crippen LogP contribution in [0.5, 0.6) is 0 Å². The zero-order chi connectivity index (χ0) is 18.1. The summed E-state index contributed by atoms with van der Waals surface area (Å²) < 4.78 is 19.5. The van der Waals surface area contributed by atoms with E-state index in [1.165, 1.54) is 18.7 Å². The molecule has 0 heterocycles. The Hall–Kier alpha value is -2.40. The quantitative estimate of drug-likeness (QED) is 0.719. The SMILES string of the molecule is COC(C)(CNC(=O)NCCCc1ccccc1)c1ccccc1F. The molecule has 2 aromatic rings. The predicted octanol–water partition coefficient (Wildman–Crippen LogP) is 3.62. The van der Waals surface area contributed by atoms with Crippen LogP contribution < -0.4 is 10.6 Å². The zero-order valence-electron chi connectivity index (χ0n) is 14.7. The summed E-state index contributed by atoms with van der Waals surface area (Å²) in [5, 5.41) is 5.57. The molecule has 25 heavy (non-hydrogen) atoms. The minimum Gasteiger partial charge on any atom is -0.372 e. The number of amides is 2. The van der Waals surface area contributed by atoms with Crippen molar-refractivity contribution >= 4 is 6.03 Å². The van der Waals surface area contributed by atoms with Gasteiger partial charge in [0.15, 0.2) is 0 Å². The van der Waals surface area contributed by atoms with Gasteiger partial charge >= 0.3 is 6.03 Å². The van der Waals surface area contributed by atoms with Crippen LogP contribution in [0.3, 0.4) is 0 Å². The molecule has 5 heteroatoms. The molecule has 0 radical (unpaired) electrons. The molecule has 2 N–H and O–H groups in total. The lowest BCUT2D eigenvalue weighted by Gasteiger charge is -2.29. The Morgan fingerprint density at radius 3 is 2.44 bits per heavy atom. The van der Waals surface area contributed by atoms with Crippen molar-refractivity contribution in [3.05, 3.63) is 71.5 Å². The van der Waals surface area contributed by atoms with Crippen LogP contribution in [0.1, 0.15) is 24.5 Å². The highest BCUT2D eigenvalue weighted by molar-refractivity contribution is 5.73. The first-order valence-electron chi connectivity index (χ1n) is 8.41. The smallest absolute Gasteiger partial charge is 0.314 e. The van der Waals surface area contributed by atoms with Crippen LogP contribution in [0.15, 0.2) is 54.6 Å². The molecule has 0 saturated heterocycles. The fraction of sp³-hybridized carbons (Fsp3) is 0.350. The number of carbonyl (C=O) groups is 1. The minimum absolute atomic E-state index is 0.176. The Morgan fingerprint density at radius 1 is 1.08 bits per heavy atom. The zero-order valence-corrected chi connectivity index (χ0v) is 14.7. The van der Waals surface area contributed by atoms with Crippen LogP contribution >= 0.6 is 0 Å². The van der Waals surface area contributed by atoms with E-state index in [4.69, 9.17) is 4.74 Å². The van der Waals surface area contributed by atoms with Crippen LogP contribution in [-0.4, -0.2) is 26.2 Å². The van der Waals surface area contributed by atoms with Gasteiger partial charge in [-0.25, -0.2) is 9.18 Å². The summed E-state index contributed by atoms with van der Waals surface area (Å²) in [6.45, 7) is 2.50. The maximum Gasteiger partial charge on any atom is 0.314 e. The number of nitrogens with one attached hydrogen (secondary N) is 2. The van der Waals surface area contributed by atoms with E-state index in [1.54, 1.807) is 25.1 Å². The monoisotopic (exact) mass is 344 g/mol. The third-order valence-electron chi connectivity index (χ3n) is 4.25. The average molecular weight is 344 g/mol. The van der Waals surface area contributed by atoms with E-state index in [0.717, 1.165) is 12.8 Å². The van der Waals surface area contributed by atoms with Crippen LogP contribution in [0.2, 0.25) is 0 Å². The van der Waals surface area contributed by atoms with E-state index in [0.29, 0.717) is 12.1 Å². The standard InChI is InChI=1S/C20H25FN2O2/c1-20(25-2,17-12-6-7-13-18(17)21)15-23-19(24)22-14-8-11-16-9-4-3-5-10-16/h3-7,9-10,12-13H,8,11,14-15H2,1-2H3,(H2,22,23,24). The first-order valence-corrected chi connectivity index (χ1v) is 8.41. The Bertz CT molecular complexity index is 678. The van der Waals surface area contributed by atoms with Gasteiger partial charge in [-0.05, 0) is 31.4 Å². The lowest BCUT2D eigenvalue weighted by atomic mass is 9.95. The molecule has 0 spiro atoms. The summed E-state index contributed by atoms with van der Waals surface area (Å²) in [6, 6.07) is 16.3. The van der Waals surface area contributed by atoms with Gasteiger partial charge in [-0.1, -0.05) is 48.5 Å². The molecule has 4 nitrogen and oxygen atoms in total. The molecule has 0 bridgehead atoms. The van der Waals surface area contributed by atoms with Crippen LogP contribution in [-0.2, 0) is 16.8 Å². The topological polar surface area (TPSA) is 50.4 Å². The van der Waals surface area contributed by atoms with Gasteiger partial charge < -0.3 is 15.4 Å². The van der Waals surface area contributed by atoms with Crippen molar-refractivity contribution in [2.24, 2.45) is 0 Å². The van der Waals surface area contributed by atoms with Crippen molar-refractivity contribution in [3.63, 3.8) is 0 Å². The lowest BCUT2D eigenvalue weighted by Crippen LogP contribution is -2.45. The number of ether oxygens (including phenoxy) is 1. The fourth-order valence-electron chi connectivity index (χ4n) is 2.62. The molecule has 2 rings (SSSR count). The van der Waals surface area contributed by atoms with Crippen LogP contribution in [0.25, 0.3) is 0 Å². The van der Waals surface area contributed by atoms with Crippen LogP contribution in [0, 0.1) is 5.82 Å². The van der Waals surface area contributed by atoms with Gasteiger partial charge in [0, 0.05) is 19.2 Å². The predicted molar refractivity (Wildman–Crippen MR) is 96.9 cm³/mol. The van der Waals surface area contributed by atoms with Gasteiger partial charge in [0.2, 0.25) is 0 Å². The van der Waals surface area contributed by atoms with Crippen molar-refractivity contribution in [2.45, 2.75) is 25.4 Å². The number of benzene rings is 2. The average Bonchev–Trinajstić information content (AvgIpc) is 2.64. The number of carbonyl (C=O) groups excluding carboxylic acids is 1. The molecular weight excluding hydrogens is 319 g/mol. The van der Waals surface area contributed by atoms with E-state index in [-0.39, 0.29) is 18.4 Å². The maximum absolute atomic E-state index is 14.0. The molecule has 134 valence electrons. The van der Waals surface area contributed by atoms with Gasteiger partial charge in [-0.3, -0.25) is 0 Å². The molecule has 0 saturated carbocycles. The first kappa shape index (κ1) is 18.9. The van der Waals surface area contributed by atoms with Gasteiger partial charge in [0.1, 0.15) is 11.4 Å². The second kappa shape index (κ2) is 9.18. The molecule has 1 unspecified atom stereocenters. The summed E-state index contributed by atoms with van der Waals surface area (Å²) in [5.41, 5.74) is 0.741. The Morgan fingerprint density at radius 2 is 1.76 bits per heavy atom. The summed E-state index contributed by atoms with van der Waals surface area (Å²) in [7, 11) is 1.51. The molecule has 2 amide bonds. The highest BCUT2D eigenvalue weighted by atomic mass is 19.1. The van der Waals surface area contributed by atoms with Gasteiger partial charge in [-0.15, -0.1) is 0 Å². The molecule has 0 fully saturated rings. The van der Waals surface area contributed by atoms with Crippen molar-refractivity contribution < 1.29 is 13.9 Å². The minimum atomic E-state index is -0.924. The molecule has 2 aromatic carbocycles. The van der Waals surface area contributed by atoms with Gasteiger partial charge in [0.25, 0.3) is 0 Å². The summed E-state index contributed by atoms with van der Waals surface area (Å²) in [5.74, 6) is -0.350. The second-order valence-corrected chi connectivity index (χ2v) is 6.11. The number of rotatable bonds is 8. The van der Waals surface area contributed by atoms with Gasteiger partial charge in [0.05, 0.1) is 6.54 Å². The summed E-state index contributed by atoms with van der Waals surface area (Å²) in [6.07, 6.45) is 1.76. The number of urea groups is 1. The Balaban J connectivity index is 1.77. The van der Waals surface area contributed by atoms with E-state index in [1.807, 2.05) is 18.2 Å². The number of aryl methyl sites for hydroxylation is 1. The number of hydrogen-bond acceptors (Lipinski definition) is 2.